The van der Waals surface area contributed by atoms with Crippen molar-refractivity contribution >= 4 is 15.8 Å². The summed E-state index contributed by atoms with van der Waals surface area (Å²) in [4.78, 5) is 10.6. The van der Waals surface area contributed by atoms with Gasteiger partial charge in [-0.1, -0.05) is 0 Å². The summed E-state index contributed by atoms with van der Waals surface area (Å²) >= 11 is 0. The van der Waals surface area contributed by atoms with Crippen molar-refractivity contribution in [3.8, 4) is 0 Å². The Morgan fingerprint density at radius 3 is 2.45 bits per heavy atom. The first-order valence-corrected chi connectivity index (χ1v) is 8.22. The molecule has 0 amide bonds. The molecule has 0 radical (unpaired) electrons. The highest BCUT2D eigenvalue weighted by molar-refractivity contribution is 7.89. The summed E-state index contributed by atoms with van der Waals surface area (Å²) in [5, 5.41) is 6.57. The predicted molar refractivity (Wildman–Crippen MR) is 83.2 cm³/mol. The summed E-state index contributed by atoms with van der Waals surface area (Å²) in [6.45, 7) is 5.18. The molecule has 0 atom stereocenters. The lowest BCUT2D eigenvalue weighted by molar-refractivity contribution is 0.578. The average Bonchev–Trinajstić information content (AvgIpc) is 2.76. The van der Waals surface area contributed by atoms with Gasteiger partial charge in [-0.05, 0) is 20.8 Å². The van der Waals surface area contributed by atoms with Gasteiger partial charge in [0.1, 0.15) is 16.5 Å². The minimum atomic E-state index is -3.66. The van der Waals surface area contributed by atoms with Gasteiger partial charge in [0.25, 0.3) is 0 Å². The highest BCUT2D eigenvalue weighted by Gasteiger charge is 2.22. The summed E-state index contributed by atoms with van der Waals surface area (Å²) in [7, 11) is 0.0781. The maximum Gasteiger partial charge on any atom is 0.244 e. The van der Waals surface area contributed by atoms with E-state index in [-0.39, 0.29) is 11.4 Å². The van der Waals surface area contributed by atoms with Gasteiger partial charge in [-0.3, -0.25) is 5.10 Å². The molecule has 2 aromatic heterocycles. The number of sulfonamides is 1. The fourth-order valence-corrected chi connectivity index (χ4v) is 3.44. The van der Waals surface area contributed by atoms with Crippen LogP contribution in [0, 0.1) is 20.8 Å². The number of H-pyrrole nitrogens is 1. The molecule has 0 aromatic carbocycles. The molecule has 0 aliphatic carbocycles. The van der Waals surface area contributed by atoms with Crippen LogP contribution in [0.15, 0.2) is 11.0 Å². The molecule has 2 heterocycles. The van der Waals surface area contributed by atoms with E-state index in [0.29, 0.717) is 17.2 Å². The third-order valence-electron chi connectivity index (χ3n) is 3.09. The number of nitrogens with one attached hydrogen (secondary N) is 2. The van der Waals surface area contributed by atoms with E-state index in [1.807, 2.05) is 32.0 Å². The molecule has 0 saturated heterocycles. The Bertz CT molecular complexity index is 762. The Balaban J connectivity index is 2.23. The first kappa shape index (κ1) is 16.4. The monoisotopic (exact) mass is 324 g/mol. The molecule has 9 heteroatoms. The van der Waals surface area contributed by atoms with Crippen molar-refractivity contribution in [3.63, 3.8) is 0 Å². The van der Waals surface area contributed by atoms with Crippen molar-refractivity contribution in [3.05, 3.63) is 29.0 Å². The Morgan fingerprint density at radius 1 is 1.23 bits per heavy atom. The lowest BCUT2D eigenvalue weighted by atomic mass is 10.4. The van der Waals surface area contributed by atoms with E-state index in [1.54, 1.807) is 13.8 Å². The second-order valence-electron chi connectivity index (χ2n) is 5.27. The Labute approximate surface area is 130 Å². The standard InChI is InChI=1S/C13H20N6O2S/c1-8-6-12(19(4)5)16-11(15-8)7-14-22(20,21)13-9(2)17-18-10(13)3/h6,14H,7H2,1-5H3,(H,17,18). The molecular weight excluding hydrogens is 304 g/mol. The second kappa shape index (κ2) is 6.01. The van der Waals surface area contributed by atoms with Crippen LogP contribution in [0.3, 0.4) is 0 Å². The van der Waals surface area contributed by atoms with Gasteiger partial charge >= 0.3 is 0 Å². The zero-order valence-corrected chi connectivity index (χ0v) is 14.1. The lowest BCUT2D eigenvalue weighted by Crippen LogP contribution is -2.26. The quantitative estimate of drug-likeness (QED) is 0.838. The van der Waals surface area contributed by atoms with E-state index in [1.165, 1.54) is 0 Å². The second-order valence-corrected chi connectivity index (χ2v) is 6.97. The Hall–Kier alpha value is -2.00. The van der Waals surface area contributed by atoms with E-state index in [4.69, 9.17) is 0 Å². The molecule has 120 valence electrons. The van der Waals surface area contributed by atoms with Crippen LogP contribution in [0.25, 0.3) is 0 Å². The number of aryl methyl sites for hydroxylation is 3. The molecule has 22 heavy (non-hydrogen) atoms. The van der Waals surface area contributed by atoms with Crippen molar-refractivity contribution in [2.45, 2.75) is 32.2 Å². The molecule has 0 fully saturated rings. The SMILES string of the molecule is Cc1cc(N(C)C)nc(CNS(=O)(=O)c2c(C)n[nH]c2C)n1. The van der Waals surface area contributed by atoms with Crippen LogP contribution in [-0.4, -0.2) is 42.7 Å². The summed E-state index contributed by atoms with van der Waals surface area (Å²) in [6.07, 6.45) is 0. The third-order valence-corrected chi connectivity index (χ3v) is 4.76. The van der Waals surface area contributed by atoms with Gasteiger partial charge in [-0.25, -0.2) is 23.1 Å². The molecule has 2 N–H and O–H groups in total. The zero-order chi connectivity index (χ0) is 16.5. The fraction of sp³-hybridized carbons (Fsp3) is 0.462. The van der Waals surface area contributed by atoms with E-state index >= 15 is 0 Å². The minimum absolute atomic E-state index is 0.0227. The van der Waals surface area contributed by atoms with Gasteiger partial charge in [-0.15, -0.1) is 0 Å². The number of nitrogens with zero attached hydrogens (tertiary/aromatic N) is 4. The van der Waals surface area contributed by atoms with Gasteiger partial charge in [0.05, 0.1) is 17.9 Å². The minimum Gasteiger partial charge on any atom is -0.363 e. The molecule has 8 nitrogen and oxygen atoms in total. The maximum absolute atomic E-state index is 12.4. The molecular formula is C13H20N6O2S. The van der Waals surface area contributed by atoms with Gasteiger partial charge in [0.2, 0.25) is 10.0 Å². The van der Waals surface area contributed by atoms with Crippen molar-refractivity contribution in [1.29, 1.82) is 0 Å². The molecule has 2 aromatic rings. The first-order chi connectivity index (χ1) is 10.2. The summed E-state index contributed by atoms with van der Waals surface area (Å²) in [6, 6.07) is 1.84. The van der Waals surface area contributed by atoms with Crippen LogP contribution in [0.2, 0.25) is 0 Å². The number of anilines is 1. The van der Waals surface area contributed by atoms with Crippen molar-refractivity contribution in [2.75, 3.05) is 19.0 Å². The van der Waals surface area contributed by atoms with Crippen LogP contribution in [-0.2, 0) is 16.6 Å². The van der Waals surface area contributed by atoms with Gasteiger partial charge in [0.15, 0.2) is 0 Å². The van der Waals surface area contributed by atoms with Crippen LogP contribution in [0.4, 0.5) is 5.82 Å². The largest absolute Gasteiger partial charge is 0.363 e. The molecule has 0 bridgehead atoms. The maximum atomic E-state index is 12.4. The summed E-state index contributed by atoms with van der Waals surface area (Å²) < 4.78 is 27.3. The fourth-order valence-electron chi connectivity index (χ4n) is 2.09. The molecule has 0 aliphatic heterocycles. The molecule has 0 spiro atoms. The van der Waals surface area contributed by atoms with Crippen LogP contribution in [0.5, 0.6) is 0 Å². The number of aromatic amines is 1. The van der Waals surface area contributed by atoms with Crippen LogP contribution < -0.4 is 9.62 Å². The van der Waals surface area contributed by atoms with Gasteiger partial charge in [-0.2, -0.15) is 5.10 Å². The predicted octanol–water partition coefficient (Wildman–Crippen LogP) is 0.669. The Morgan fingerprint density at radius 2 is 1.91 bits per heavy atom. The summed E-state index contributed by atoms with van der Waals surface area (Å²) in [5.41, 5.74) is 1.72. The van der Waals surface area contributed by atoms with E-state index in [2.05, 4.69) is 24.9 Å². The highest BCUT2D eigenvalue weighted by Crippen LogP contribution is 2.16. The number of aromatic nitrogens is 4. The van der Waals surface area contributed by atoms with E-state index in [0.717, 1.165) is 11.5 Å². The normalized spacial score (nSPS) is 11.7. The van der Waals surface area contributed by atoms with E-state index < -0.39 is 10.0 Å². The molecule has 0 aliphatic rings. The number of hydrogen-bond acceptors (Lipinski definition) is 6. The first-order valence-electron chi connectivity index (χ1n) is 6.74. The topological polar surface area (TPSA) is 104 Å². The van der Waals surface area contributed by atoms with Crippen molar-refractivity contribution in [2.24, 2.45) is 0 Å². The van der Waals surface area contributed by atoms with Gasteiger partial charge in [0, 0.05) is 25.9 Å². The van der Waals surface area contributed by atoms with Crippen molar-refractivity contribution in [1.82, 2.24) is 24.9 Å². The van der Waals surface area contributed by atoms with E-state index in [9.17, 15) is 8.42 Å². The van der Waals surface area contributed by atoms with Crippen LogP contribution >= 0.6 is 0 Å². The molecule has 0 saturated carbocycles. The Kier molecular flexibility index (Phi) is 4.47. The number of hydrogen-bond donors (Lipinski definition) is 2. The smallest absolute Gasteiger partial charge is 0.244 e. The third kappa shape index (κ3) is 3.42. The van der Waals surface area contributed by atoms with Crippen molar-refractivity contribution < 1.29 is 8.42 Å². The molecule has 2 rings (SSSR count). The number of rotatable bonds is 5. The average molecular weight is 324 g/mol. The zero-order valence-electron chi connectivity index (χ0n) is 13.3. The lowest BCUT2D eigenvalue weighted by Gasteiger charge is -2.13. The highest BCUT2D eigenvalue weighted by atomic mass is 32.2. The molecule has 0 unspecified atom stereocenters. The summed E-state index contributed by atoms with van der Waals surface area (Å²) in [5.74, 6) is 1.16. The van der Waals surface area contributed by atoms with Gasteiger partial charge < -0.3 is 4.90 Å². The van der Waals surface area contributed by atoms with Crippen LogP contribution in [0.1, 0.15) is 22.9 Å².